The first kappa shape index (κ1) is 24.2. The van der Waals surface area contributed by atoms with Crippen molar-refractivity contribution in [1.29, 1.82) is 0 Å². The van der Waals surface area contributed by atoms with Gasteiger partial charge >= 0.3 is 0 Å². The van der Waals surface area contributed by atoms with Crippen molar-refractivity contribution in [2.45, 2.75) is 31.6 Å². The van der Waals surface area contributed by atoms with Gasteiger partial charge in [-0.3, -0.25) is 14.0 Å². The van der Waals surface area contributed by atoms with Crippen molar-refractivity contribution in [2.24, 2.45) is 0 Å². The molecule has 0 spiro atoms. The lowest BCUT2D eigenvalue weighted by molar-refractivity contribution is -0.119. The maximum absolute atomic E-state index is 13.5. The van der Waals surface area contributed by atoms with Crippen LogP contribution in [0.15, 0.2) is 53.4 Å². The number of para-hydroxylation sites is 1. The minimum absolute atomic E-state index is 0.175. The van der Waals surface area contributed by atoms with Crippen LogP contribution < -0.4 is 9.62 Å². The molecule has 0 atom stereocenters. The van der Waals surface area contributed by atoms with Gasteiger partial charge in [-0.05, 0) is 50.1 Å². The van der Waals surface area contributed by atoms with Gasteiger partial charge in [0, 0.05) is 19.6 Å². The number of carbonyl (C=O) groups excluding carboxylic acids is 1. The lowest BCUT2D eigenvalue weighted by Crippen LogP contribution is -2.42. The Morgan fingerprint density at radius 3 is 2.47 bits per heavy atom. The zero-order chi connectivity index (χ0) is 23.0. The number of nitrogens with zero attached hydrogens (tertiary/aromatic N) is 2. The number of anilines is 1. The Labute approximate surface area is 191 Å². The van der Waals surface area contributed by atoms with E-state index in [1.165, 1.54) is 4.31 Å². The Morgan fingerprint density at radius 2 is 1.78 bits per heavy atom. The molecule has 2 aromatic rings. The molecule has 1 aliphatic heterocycles. The summed E-state index contributed by atoms with van der Waals surface area (Å²) < 4.78 is 33.6. The molecule has 1 amide bonds. The highest BCUT2D eigenvalue weighted by atomic mass is 32.2. The van der Waals surface area contributed by atoms with E-state index < -0.39 is 10.0 Å². The molecular formula is C24H33N3O4S. The average molecular weight is 460 g/mol. The quantitative estimate of drug-likeness (QED) is 0.553. The highest BCUT2D eigenvalue weighted by molar-refractivity contribution is 7.92. The summed E-state index contributed by atoms with van der Waals surface area (Å²) in [7, 11) is -3.90. The van der Waals surface area contributed by atoms with Crippen molar-refractivity contribution in [3.05, 3.63) is 59.7 Å². The minimum atomic E-state index is -3.90. The topological polar surface area (TPSA) is 79.0 Å². The van der Waals surface area contributed by atoms with Gasteiger partial charge in [0.2, 0.25) is 5.91 Å². The predicted molar refractivity (Wildman–Crippen MR) is 126 cm³/mol. The molecule has 7 nitrogen and oxygen atoms in total. The van der Waals surface area contributed by atoms with E-state index in [0.717, 1.165) is 50.4 Å². The number of morpholine rings is 1. The highest BCUT2D eigenvalue weighted by Crippen LogP contribution is 2.27. The van der Waals surface area contributed by atoms with Gasteiger partial charge in [-0.2, -0.15) is 0 Å². The first-order chi connectivity index (χ1) is 15.4. The van der Waals surface area contributed by atoms with Gasteiger partial charge in [-0.1, -0.05) is 42.8 Å². The van der Waals surface area contributed by atoms with Crippen molar-refractivity contribution in [3.63, 3.8) is 0 Å². The summed E-state index contributed by atoms with van der Waals surface area (Å²) in [4.78, 5) is 15.2. The molecule has 1 N–H and O–H groups in total. The smallest absolute Gasteiger partial charge is 0.264 e. The third-order valence-electron chi connectivity index (χ3n) is 5.61. The zero-order valence-electron chi connectivity index (χ0n) is 18.9. The van der Waals surface area contributed by atoms with Gasteiger partial charge < -0.3 is 10.1 Å². The Balaban J connectivity index is 1.72. The van der Waals surface area contributed by atoms with Crippen LogP contribution in [0.2, 0.25) is 0 Å². The van der Waals surface area contributed by atoms with E-state index in [1.54, 1.807) is 36.4 Å². The van der Waals surface area contributed by atoms with Crippen molar-refractivity contribution in [2.75, 3.05) is 50.2 Å². The maximum Gasteiger partial charge on any atom is 0.264 e. The lowest BCUT2D eigenvalue weighted by atomic mass is 10.1. The summed E-state index contributed by atoms with van der Waals surface area (Å²) in [5, 5.41) is 2.89. The monoisotopic (exact) mass is 459 g/mol. The number of hydrogen-bond donors (Lipinski definition) is 1. The van der Waals surface area contributed by atoms with Gasteiger partial charge in [0.1, 0.15) is 6.54 Å². The largest absolute Gasteiger partial charge is 0.379 e. The van der Waals surface area contributed by atoms with Gasteiger partial charge in [0.15, 0.2) is 0 Å². The molecule has 1 aliphatic rings. The number of amides is 1. The van der Waals surface area contributed by atoms with Gasteiger partial charge in [-0.15, -0.1) is 0 Å². The summed E-state index contributed by atoms with van der Waals surface area (Å²) in [6.07, 6.45) is 1.47. The number of rotatable bonds is 10. The fourth-order valence-electron chi connectivity index (χ4n) is 3.73. The molecular weight excluding hydrogens is 426 g/mol. The summed E-state index contributed by atoms with van der Waals surface area (Å²) in [5.41, 5.74) is 2.39. The number of ether oxygens (including phenoxy) is 1. The second kappa shape index (κ2) is 11.4. The number of benzene rings is 2. The van der Waals surface area contributed by atoms with Crippen LogP contribution in [0.4, 0.5) is 5.69 Å². The zero-order valence-corrected chi connectivity index (χ0v) is 19.7. The molecule has 0 radical (unpaired) electrons. The van der Waals surface area contributed by atoms with Gasteiger partial charge in [-0.25, -0.2) is 8.42 Å². The van der Waals surface area contributed by atoms with Crippen molar-refractivity contribution < 1.29 is 17.9 Å². The van der Waals surface area contributed by atoms with Gasteiger partial charge in [0.05, 0.1) is 23.8 Å². The summed E-state index contributed by atoms with van der Waals surface area (Å²) in [5.74, 6) is -0.312. The molecule has 3 rings (SSSR count). The molecule has 1 saturated heterocycles. The number of aryl methyl sites for hydroxylation is 2. The van der Waals surface area contributed by atoms with Crippen LogP contribution in [0, 0.1) is 6.92 Å². The number of sulfonamides is 1. The first-order valence-electron chi connectivity index (χ1n) is 11.2. The van der Waals surface area contributed by atoms with Crippen LogP contribution in [0.3, 0.4) is 0 Å². The molecule has 0 aliphatic carbocycles. The summed E-state index contributed by atoms with van der Waals surface area (Å²) >= 11 is 0. The first-order valence-corrected chi connectivity index (χ1v) is 12.6. The summed E-state index contributed by atoms with van der Waals surface area (Å²) in [6.45, 7) is 8.31. The predicted octanol–water partition coefficient (Wildman–Crippen LogP) is 2.59. The molecule has 174 valence electrons. The Bertz CT molecular complexity index is 987. The molecule has 1 fully saturated rings. The standard InChI is InChI=1S/C24H33N3O4S/c1-3-21-7-4-5-8-23(21)27(32(29,30)22-11-9-20(2)10-12-22)19-24(28)25-13-6-14-26-15-17-31-18-16-26/h4-5,7-12H,3,6,13-19H2,1-2H3,(H,25,28). The lowest BCUT2D eigenvalue weighted by Gasteiger charge is -2.27. The van der Waals surface area contributed by atoms with Crippen LogP contribution in [-0.2, 0) is 26.0 Å². The van der Waals surface area contributed by atoms with Crippen LogP contribution in [0.5, 0.6) is 0 Å². The Hall–Kier alpha value is -2.42. The molecule has 0 aromatic heterocycles. The fourth-order valence-corrected chi connectivity index (χ4v) is 5.19. The van der Waals surface area contributed by atoms with E-state index in [1.807, 2.05) is 26.0 Å². The van der Waals surface area contributed by atoms with E-state index in [0.29, 0.717) is 18.7 Å². The Morgan fingerprint density at radius 1 is 1.09 bits per heavy atom. The van der Waals surface area contributed by atoms with Gasteiger partial charge in [0.25, 0.3) is 10.0 Å². The van der Waals surface area contributed by atoms with Crippen LogP contribution in [0.1, 0.15) is 24.5 Å². The number of hydrogen-bond acceptors (Lipinski definition) is 5. The van der Waals surface area contributed by atoms with Crippen molar-refractivity contribution in [1.82, 2.24) is 10.2 Å². The summed E-state index contributed by atoms with van der Waals surface area (Å²) in [6, 6.07) is 14.0. The second-order valence-electron chi connectivity index (χ2n) is 7.96. The fraction of sp³-hybridized carbons (Fsp3) is 0.458. The van der Waals surface area contributed by atoms with E-state index >= 15 is 0 Å². The molecule has 32 heavy (non-hydrogen) atoms. The number of nitrogens with one attached hydrogen (secondary N) is 1. The molecule has 2 aromatic carbocycles. The molecule has 0 unspecified atom stereocenters. The third kappa shape index (κ3) is 6.31. The highest BCUT2D eigenvalue weighted by Gasteiger charge is 2.28. The third-order valence-corrected chi connectivity index (χ3v) is 7.39. The molecule has 0 saturated carbocycles. The second-order valence-corrected chi connectivity index (χ2v) is 9.83. The van der Waals surface area contributed by atoms with E-state index in [9.17, 15) is 13.2 Å². The van der Waals surface area contributed by atoms with Crippen LogP contribution in [-0.4, -0.2) is 65.2 Å². The van der Waals surface area contributed by atoms with E-state index in [-0.39, 0.29) is 17.3 Å². The molecule has 1 heterocycles. The van der Waals surface area contributed by atoms with E-state index in [2.05, 4.69) is 10.2 Å². The minimum Gasteiger partial charge on any atom is -0.379 e. The van der Waals surface area contributed by atoms with Crippen LogP contribution in [0.25, 0.3) is 0 Å². The normalized spacial score (nSPS) is 14.8. The maximum atomic E-state index is 13.5. The average Bonchev–Trinajstić information content (AvgIpc) is 2.81. The van der Waals surface area contributed by atoms with Crippen molar-refractivity contribution >= 4 is 21.6 Å². The SMILES string of the molecule is CCc1ccccc1N(CC(=O)NCCCN1CCOCC1)S(=O)(=O)c1ccc(C)cc1. The Kier molecular flexibility index (Phi) is 8.67. The van der Waals surface area contributed by atoms with Crippen molar-refractivity contribution in [3.8, 4) is 0 Å². The molecule has 8 heteroatoms. The number of carbonyl (C=O) groups is 1. The van der Waals surface area contributed by atoms with Crippen LogP contribution >= 0.6 is 0 Å². The van der Waals surface area contributed by atoms with E-state index in [4.69, 9.17) is 4.74 Å². The molecule has 0 bridgehead atoms.